The van der Waals surface area contributed by atoms with Crippen LogP contribution in [0.15, 0.2) is 23.1 Å². The number of amides is 1. The first-order valence-corrected chi connectivity index (χ1v) is 11.7. The van der Waals surface area contributed by atoms with E-state index in [1.54, 1.807) is 20.0 Å². The highest BCUT2D eigenvalue weighted by Gasteiger charge is 2.37. The number of rotatable bonds is 6. The van der Waals surface area contributed by atoms with Crippen LogP contribution >= 0.6 is 11.6 Å². The van der Waals surface area contributed by atoms with Crippen LogP contribution in [0, 0.1) is 18.7 Å². The van der Waals surface area contributed by atoms with Gasteiger partial charge >= 0.3 is 5.69 Å². The summed E-state index contributed by atoms with van der Waals surface area (Å²) in [4.78, 5) is 32.1. The van der Waals surface area contributed by atoms with Crippen molar-refractivity contribution < 1.29 is 19.0 Å². The lowest BCUT2D eigenvalue weighted by molar-refractivity contribution is 0.0973. The van der Waals surface area contributed by atoms with Crippen LogP contribution in [-0.4, -0.2) is 44.0 Å². The van der Waals surface area contributed by atoms with E-state index in [0.29, 0.717) is 23.4 Å². The highest BCUT2D eigenvalue weighted by atomic mass is 35.5. The first-order valence-electron chi connectivity index (χ1n) is 11.3. The van der Waals surface area contributed by atoms with Crippen molar-refractivity contribution in [2.24, 2.45) is 5.92 Å². The first-order chi connectivity index (χ1) is 16.6. The van der Waals surface area contributed by atoms with Crippen molar-refractivity contribution in [1.29, 1.82) is 0 Å². The van der Waals surface area contributed by atoms with E-state index in [0.717, 1.165) is 10.7 Å². The predicted octanol–water partition coefficient (Wildman–Crippen LogP) is 3.45. The van der Waals surface area contributed by atoms with Crippen LogP contribution in [0.1, 0.15) is 54.0 Å². The monoisotopic (exact) mass is 503 g/mol. The van der Waals surface area contributed by atoms with Gasteiger partial charge in [0.25, 0.3) is 5.91 Å². The fourth-order valence-corrected chi connectivity index (χ4v) is 4.95. The van der Waals surface area contributed by atoms with Crippen LogP contribution in [0.5, 0.6) is 5.88 Å². The van der Waals surface area contributed by atoms with Gasteiger partial charge in [-0.25, -0.2) is 14.2 Å². The zero-order valence-electron chi connectivity index (χ0n) is 20.2. The van der Waals surface area contributed by atoms with Gasteiger partial charge in [-0.2, -0.15) is 4.68 Å². The minimum Gasteiger partial charge on any atom is -0.480 e. The number of aliphatic hydroxyl groups is 1. The number of hydrogen-bond acceptors (Lipinski definition) is 6. The molecule has 3 aromatic rings. The van der Waals surface area contributed by atoms with E-state index in [4.69, 9.17) is 16.3 Å². The van der Waals surface area contributed by atoms with Gasteiger partial charge in [-0.15, -0.1) is 5.10 Å². The number of methoxy groups -OCH3 is 1. The van der Waals surface area contributed by atoms with Crippen molar-refractivity contribution in [3.63, 3.8) is 0 Å². The number of pyridine rings is 1. The van der Waals surface area contributed by atoms with E-state index >= 15 is 4.39 Å². The highest BCUT2D eigenvalue weighted by molar-refractivity contribution is 6.35. The SMILES string of the molecule is CCn1c(CO)nn(-c2cc3c(cc2F)C(=O)N(c2c(C)cnc(OC)c2Cl)CC3C(C)C)c1=O. The van der Waals surface area contributed by atoms with Gasteiger partial charge < -0.3 is 14.7 Å². The zero-order valence-corrected chi connectivity index (χ0v) is 20.9. The molecule has 1 aliphatic rings. The molecule has 1 unspecified atom stereocenters. The fraction of sp³-hybridized carbons (Fsp3) is 0.417. The van der Waals surface area contributed by atoms with Crippen LogP contribution in [0.3, 0.4) is 0 Å². The van der Waals surface area contributed by atoms with E-state index in [1.807, 2.05) is 13.8 Å². The Bertz CT molecular complexity index is 1370. The number of ether oxygens (including phenoxy) is 1. The normalized spacial score (nSPS) is 15.6. The molecule has 1 amide bonds. The number of aryl methyl sites for hydroxylation is 1. The van der Waals surface area contributed by atoms with Crippen molar-refractivity contribution in [2.75, 3.05) is 18.6 Å². The summed E-state index contributed by atoms with van der Waals surface area (Å²) >= 11 is 6.54. The average molecular weight is 504 g/mol. The second-order valence-corrected chi connectivity index (χ2v) is 9.16. The van der Waals surface area contributed by atoms with Crippen LogP contribution in [0.4, 0.5) is 10.1 Å². The predicted molar refractivity (Wildman–Crippen MR) is 129 cm³/mol. The Morgan fingerprint density at radius 2 is 2.03 bits per heavy atom. The number of benzene rings is 1. The van der Waals surface area contributed by atoms with Gasteiger partial charge in [0.2, 0.25) is 5.88 Å². The summed E-state index contributed by atoms with van der Waals surface area (Å²) in [6.07, 6.45) is 1.58. The standard InChI is InChI=1S/C24H27ClFN5O4/c1-6-29-19(11-32)28-31(24(29)34)18-8-14-15(7-17(18)26)23(33)30(10-16(14)12(2)3)21-13(4)9-27-22(35-5)20(21)25/h7-9,12,16,32H,6,10-11H2,1-5H3. The molecule has 186 valence electrons. The maximum atomic E-state index is 15.4. The molecule has 1 atom stereocenters. The average Bonchev–Trinajstić information content (AvgIpc) is 3.15. The Kier molecular flexibility index (Phi) is 6.70. The van der Waals surface area contributed by atoms with Crippen LogP contribution in [0.2, 0.25) is 5.02 Å². The molecule has 0 aliphatic carbocycles. The molecule has 1 aromatic carbocycles. The molecule has 1 aliphatic heterocycles. The number of carbonyl (C=O) groups excluding carboxylic acids is 1. The lowest BCUT2D eigenvalue weighted by atomic mass is 9.81. The molecule has 11 heteroatoms. The summed E-state index contributed by atoms with van der Waals surface area (Å²) in [6.45, 7) is 7.66. The zero-order chi connectivity index (χ0) is 25.6. The van der Waals surface area contributed by atoms with E-state index in [-0.39, 0.29) is 46.4 Å². The smallest absolute Gasteiger partial charge is 0.350 e. The number of hydrogen-bond donors (Lipinski definition) is 1. The van der Waals surface area contributed by atoms with Crippen molar-refractivity contribution in [2.45, 2.75) is 46.8 Å². The molecule has 0 radical (unpaired) electrons. The van der Waals surface area contributed by atoms with E-state index in [1.165, 1.54) is 22.6 Å². The topological polar surface area (TPSA) is 102 Å². The lowest BCUT2D eigenvalue weighted by Crippen LogP contribution is -2.42. The molecule has 0 saturated carbocycles. The quantitative estimate of drug-likeness (QED) is 0.552. The Labute approximate surface area is 206 Å². The van der Waals surface area contributed by atoms with Gasteiger partial charge in [-0.3, -0.25) is 9.36 Å². The Balaban J connectivity index is 1.90. The minimum atomic E-state index is -0.774. The first kappa shape index (κ1) is 24.9. The number of aromatic nitrogens is 4. The molecular weight excluding hydrogens is 477 g/mol. The molecule has 9 nitrogen and oxygen atoms in total. The van der Waals surface area contributed by atoms with Crippen LogP contribution in [0.25, 0.3) is 5.69 Å². The van der Waals surface area contributed by atoms with E-state index < -0.39 is 24.0 Å². The molecule has 0 fully saturated rings. The van der Waals surface area contributed by atoms with Crippen LogP contribution < -0.4 is 15.3 Å². The maximum Gasteiger partial charge on any atom is 0.350 e. The molecule has 0 saturated heterocycles. The molecule has 35 heavy (non-hydrogen) atoms. The summed E-state index contributed by atoms with van der Waals surface area (Å²) in [5, 5.41) is 13.9. The summed E-state index contributed by atoms with van der Waals surface area (Å²) in [5.74, 6) is -0.971. The van der Waals surface area contributed by atoms with Gasteiger partial charge in [-0.05, 0) is 43.0 Å². The Morgan fingerprint density at radius 1 is 1.31 bits per heavy atom. The van der Waals surface area contributed by atoms with Gasteiger partial charge in [0.05, 0.1) is 12.8 Å². The van der Waals surface area contributed by atoms with Crippen molar-refractivity contribution in [3.8, 4) is 11.6 Å². The second-order valence-electron chi connectivity index (χ2n) is 8.78. The minimum absolute atomic E-state index is 0.0673. The Hall–Kier alpha value is -3.24. The molecule has 0 spiro atoms. The molecule has 2 aromatic heterocycles. The third kappa shape index (κ3) is 4.00. The number of anilines is 1. The van der Waals surface area contributed by atoms with Gasteiger partial charge in [-0.1, -0.05) is 25.4 Å². The van der Waals surface area contributed by atoms with Gasteiger partial charge in [0.15, 0.2) is 5.82 Å². The third-order valence-electron chi connectivity index (χ3n) is 6.41. The van der Waals surface area contributed by atoms with Crippen molar-refractivity contribution in [3.05, 3.63) is 62.2 Å². The van der Waals surface area contributed by atoms with Crippen LogP contribution in [-0.2, 0) is 13.2 Å². The highest BCUT2D eigenvalue weighted by Crippen LogP contribution is 2.42. The molecular formula is C24H27ClFN5O4. The largest absolute Gasteiger partial charge is 0.480 e. The summed E-state index contributed by atoms with van der Waals surface area (Å²) in [7, 11) is 1.44. The number of nitrogens with zero attached hydrogens (tertiary/aromatic N) is 5. The number of aliphatic hydroxyl groups excluding tert-OH is 1. The lowest BCUT2D eigenvalue weighted by Gasteiger charge is -2.37. The van der Waals surface area contributed by atoms with Gasteiger partial charge in [0, 0.05) is 30.8 Å². The molecule has 1 N–H and O–H groups in total. The molecule has 3 heterocycles. The Morgan fingerprint density at radius 3 is 2.60 bits per heavy atom. The van der Waals surface area contributed by atoms with E-state index in [9.17, 15) is 14.7 Å². The summed E-state index contributed by atoms with van der Waals surface area (Å²) in [6, 6.07) is 2.66. The molecule has 4 rings (SSSR count). The van der Waals surface area contributed by atoms with Gasteiger partial charge in [0.1, 0.15) is 23.1 Å². The number of carbonyl (C=O) groups is 1. The summed E-state index contributed by atoms with van der Waals surface area (Å²) in [5.41, 5.74) is 1.33. The number of fused-ring (bicyclic) bond motifs is 1. The summed E-state index contributed by atoms with van der Waals surface area (Å²) < 4.78 is 22.8. The third-order valence-corrected chi connectivity index (χ3v) is 6.75. The number of halogens is 2. The van der Waals surface area contributed by atoms with E-state index in [2.05, 4.69) is 10.1 Å². The fourth-order valence-electron chi connectivity index (χ4n) is 4.57. The molecule has 0 bridgehead atoms. The van der Waals surface area contributed by atoms with Crippen molar-refractivity contribution >= 4 is 23.2 Å². The maximum absolute atomic E-state index is 15.4. The second kappa shape index (κ2) is 9.43. The van der Waals surface area contributed by atoms with Crippen molar-refractivity contribution in [1.82, 2.24) is 19.3 Å².